The molecule has 0 fully saturated rings. The molecule has 4 heteroatoms. The molecule has 0 aliphatic heterocycles. The highest BCUT2D eigenvalue weighted by molar-refractivity contribution is 5.92. The molecule has 88 valence electrons. The van der Waals surface area contributed by atoms with Crippen LogP contribution < -0.4 is 11.1 Å². The number of rotatable bonds is 4. The van der Waals surface area contributed by atoms with Crippen molar-refractivity contribution in [3.63, 3.8) is 0 Å². The first-order chi connectivity index (χ1) is 7.54. The van der Waals surface area contributed by atoms with Crippen LogP contribution in [0.2, 0.25) is 0 Å². The van der Waals surface area contributed by atoms with Crippen LogP contribution >= 0.6 is 0 Å². The molecule has 1 unspecified atom stereocenters. The molecule has 16 heavy (non-hydrogen) atoms. The van der Waals surface area contributed by atoms with E-state index in [2.05, 4.69) is 10.3 Å². The minimum Gasteiger partial charge on any atom is -0.346 e. The smallest absolute Gasteiger partial charge is 0.270 e. The predicted octanol–water partition coefficient (Wildman–Crippen LogP) is 1.10. The van der Waals surface area contributed by atoms with E-state index in [1.54, 1.807) is 6.07 Å². The molecular formula is C12H19N3O. The van der Waals surface area contributed by atoms with E-state index in [1.807, 2.05) is 32.9 Å². The molecule has 1 aromatic rings. The van der Waals surface area contributed by atoms with Gasteiger partial charge in [0.1, 0.15) is 5.69 Å². The molecule has 1 rings (SSSR count). The molecule has 1 heterocycles. The van der Waals surface area contributed by atoms with Crippen molar-refractivity contribution in [2.45, 2.75) is 26.8 Å². The summed E-state index contributed by atoms with van der Waals surface area (Å²) in [5.41, 5.74) is 6.87. The summed E-state index contributed by atoms with van der Waals surface area (Å²) in [7, 11) is 0. The lowest BCUT2D eigenvalue weighted by Gasteiger charge is -2.20. The maximum atomic E-state index is 11.8. The van der Waals surface area contributed by atoms with Crippen molar-refractivity contribution >= 4 is 5.91 Å². The maximum absolute atomic E-state index is 11.8. The van der Waals surface area contributed by atoms with Gasteiger partial charge in [0.25, 0.3) is 5.91 Å². The lowest BCUT2D eigenvalue weighted by molar-refractivity contribution is 0.0922. The summed E-state index contributed by atoms with van der Waals surface area (Å²) in [4.78, 5) is 16.0. The Hall–Kier alpha value is -1.42. The van der Waals surface area contributed by atoms with Gasteiger partial charge in [-0.15, -0.1) is 0 Å². The number of nitrogens with zero attached hydrogens (tertiary/aromatic N) is 1. The number of hydrogen-bond acceptors (Lipinski definition) is 3. The fourth-order valence-corrected chi connectivity index (χ4v) is 1.41. The first kappa shape index (κ1) is 12.6. The van der Waals surface area contributed by atoms with Crippen LogP contribution in [-0.4, -0.2) is 23.5 Å². The zero-order valence-electron chi connectivity index (χ0n) is 10.0. The summed E-state index contributed by atoms with van der Waals surface area (Å²) in [6.07, 6.45) is 0. The molecule has 0 aliphatic carbocycles. The van der Waals surface area contributed by atoms with Crippen molar-refractivity contribution in [3.05, 3.63) is 29.6 Å². The van der Waals surface area contributed by atoms with Gasteiger partial charge in [-0.25, -0.2) is 4.98 Å². The zero-order valence-corrected chi connectivity index (χ0v) is 10.0. The van der Waals surface area contributed by atoms with Crippen LogP contribution in [0.1, 0.15) is 30.0 Å². The normalized spacial score (nSPS) is 12.6. The molecule has 0 radical (unpaired) electrons. The van der Waals surface area contributed by atoms with Crippen LogP contribution in [0.15, 0.2) is 18.2 Å². The monoisotopic (exact) mass is 221 g/mol. The molecule has 0 saturated heterocycles. The Bertz CT molecular complexity index is 363. The third kappa shape index (κ3) is 3.31. The summed E-state index contributed by atoms with van der Waals surface area (Å²) >= 11 is 0. The van der Waals surface area contributed by atoms with Crippen LogP contribution in [0.25, 0.3) is 0 Å². The second kappa shape index (κ2) is 5.61. The fraction of sp³-hybridized carbons (Fsp3) is 0.500. The largest absolute Gasteiger partial charge is 0.346 e. The van der Waals surface area contributed by atoms with Crippen LogP contribution in [-0.2, 0) is 0 Å². The Morgan fingerprint density at radius 3 is 2.69 bits per heavy atom. The molecule has 1 aromatic heterocycles. The Morgan fingerprint density at radius 2 is 2.19 bits per heavy atom. The molecule has 0 bridgehead atoms. The van der Waals surface area contributed by atoms with E-state index >= 15 is 0 Å². The van der Waals surface area contributed by atoms with Crippen LogP contribution in [0.4, 0.5) is 0 Å². The van der Waals surface area contributed by atoms with Crippen LogP contribution in [0.3, 0.4) is 0 Å². The molecule has 3 N–H and O–H groups in total. The number of hydrogen-bond donors (Lipinski definition) is 2. The van der Waals surface area contributed by atoms with E-state index in [0.29, 0.717) is 18.2 Å². The number of carbonyl (C=O) groups excluding carboxylic acids is 1. The molecule has 0 spiro atoms. The SMILES string of the molecule is Cc1cccc(C(=O)NC(CN)C(C)C)n1. The predicted molar refractivity (Wildman–Crippen MR) is 64.1 cm³/mol. The van der Waals surface area contributed by atoms with Gasteiger partial charge in [0.15, 0.2) is 0 Å². The van der Waals surface area contributed by atoms with Gasteiger partial charge in [0, 0.05) is 18.3 Å². The fourth-order valence-electron chi connectivity index (χ4n) is 1.41. The third-order valence-corrected chi connectivity index (χ3v) is 2.50. The Balaban J connectivity index is 2.72. The highest BCUT2D eigenvalue weighted by Crippen LogP contribution is 2.03. The number of carbonyl (C=O) groups is 1. The number of aromatic nitrogens is 1. The minimum absolute atomic E-state index is 0.00480. The first-order valence-electron chi connectivity index (χ1n) is 5.49. The van der Waals surface area contributed by atoms with Crippen molar-refractivity contribution < 1.29 is 4.79 Å². The van der Waals surface area contributed by atoms with Crippen molar-refractivity contribution in [1.29, 1.82) is 0 Å². The molecule has 0 saturated carbocycles. The summed E-state index contributed by atoms with van der Waals surface area (Å²) in [5, 5.41) is 2.88. The molecule has 1 atom stereocenters. The Morgan fingerprint density at radius 1 is 1.50 bits per heavy atom. The van der Waals surface area contributed by atoms with Gasteiger partial charge in [-0.1, -0.05) is 19.9 Å². The summed E-state index contributed by atoms with van der Waals surface area (Å²) in [6, 6.07) is 5.38. The molecule has 1 amide bonds. The van der Waals surface area contributed by atoms with Gasteiger partial charge in [0.2, 0.25) is 0 Å². The highest BCUT2D eigenvalue weighted by atomic mass is 16.1. The van der Waals surface area contributed by atoms with E-state index in [4.69, 9.17) is 5.73 Å². The third-order valence-electron chi connectivity index (χ3n) is 2.50. The maximum Gasteiger partial charge on any atom is 0.270 e. The van der Waals surface area contributed by atoms with E-state index in [9.17, 15) is 4.79 Å². The number of amides is 1. The van der Waals surface area contributed by atoms with Gasteiger partial charge in [0.05, 0.1) is 0 Å². The van der Waals surface area contributed by atoms with Gasteiger partial charge >= 0.3 is 0 Å². The summed E-state index contributed by atoms with van der Waals surface area (Å²) in [6.45, 7) is 6.36. The van der Waals surface area contributed by atoms with Crippen molar-refractivity contribution in [2.75, 3.05) is 6.54 Å². The summed E-state index contributed by atoms with van der Waals surface area (Å²) < 4.78 is 0. The Labute approximate surface area is 96.3 Å². The molecular weight excluding hydrogens is 202 g/mol. The van der Waals surface area contributed by atoms with Gasteiger partial charge in [-0.2, -0.15) is 0 Å². The van der Waals surface area contributed by atoms with Gasteiger partial charge in [-0.05, 0) is 25.0 Å². The van der Waals surface area contributed by atoms with Gasteiger partial charge < -0.3 is 11.1 Å². The van der Waals surface area contributed by atoms with E-state index in [-0.39, 0.29) is 11.9 Å². The first-order valence-corrected chi connectivity index (χ1v) is 5.49. The highest BCUT2D eigenvalue weighted by Gasteiger charge is 2.16. The van der Waals surface area contributed by atoms with Crippen LogP contribution in [0, 0.1) is 12.8 Å². The number of nitrogens with two attached hydrogens (primary N) is 1. The van der Waals surface area contributed by atoms with Crippen molar-refractivity contribution in [1.82, 2.24) is 10.3 Å². The quantitative estimate of drug-likeness (QED) is 0.800. The standard InChI is InChI=1S/C12H19N3O/c1-8(2)11(7-13)15-12(16)10-6-4-5-9(3)14-10/h4-6,8,11H,7,13H2,1-3H3,(H,15,16). The van der Waals surface area contributed by atoms with Crippen molar-refractivity contribution in [2.24, 2.45) is 11.7 Å². The van der Waals surface area contributed by atoms with Crippen LogP contribution in [0.5, 0.6) is 0 Å². The second-order valence-electron chi connectivity index (χ2n) is 4.22. The van der Waals surface area contributed by atoms with E-state index in [1.165, 1.54) is 0 Å². The lowest BCUT2D eigenvalue weighted by Crippen LogP contribution is -2.43. The molecule has 4 nitrogen and oxygen atoms in total. The minimum atomic E-state index is -0.159. The lowest BCUT2D eigenvalue weighted by atomic mass is 10.0. The molecule has 0 aromatic carbocycles. The zero-order chi connectivity index (χ0) is 12.1. The average Bonchev–Trinajstić information content (AvgIpc) is 2.25. The number of aryl methyl sites for hydroxylation is 1. The summed E-state index contributed by atoms with van der Waals surface area (Å²) in [5.74, 6) is 0.159. The average molecular weight is 221 g/mol. The number of nitrogens with one attached hydrogen (secondary N) is 1. The second-order valence-corrected chi connectivity index (χ2v) is 4.22. The van der Waals surface area contributed by atoms with E-state index in [0.717, 1.165) is 5.69 Å². The Kier molecular flexibility index (Phi) is 4.43. The number of pyridine rings is 1. The van der Waals surface area contributed by atoms with Crippen molar-refractivity contribution in [3.8, 4) is 0 Å². The van der Waals surface area contributed by atoms with Gasteiger partial charge in [-0.3, -0.25) is 4.79 Å². The van der Waals surface area contributed by atoms with E-state index < -0.39 is 0 Å². The molecule has 0 aliphatic rings. The topological polar surface area (TPSA) is 68.0 Å².